The summed E-state index contributed by atoms with van der Waals surface area (Å²) in [5, 5.41) is 10.6. The summed E-state index contributed by atoms with van der Waals surface area (Å²) in [5.41, 5.74) is 3.50. The number of aryl methyl sites for hydroxylation is 1. The van der Waals surface area contributed by atoms with Crippen LogP contribution in [0, 0.1) is 5.92 Å². The highest BCUT2D eigenvalue weighted by Crippen LogP contribution is 2.35. The van der Waals surface area contributed by atoms with Crippen molar-refractivity contribution < 1.29 is 9.53 Å². The number of carbonyl (C=O) groups excluding carboxylic acids is 1. The Hall–Kier alpha value is -2.30. The van der Waals surface area contributed by atoms with Gasteiger partial charge < -0.3 is 10.1 Å². The summed E-state index contributed by atoms with van der Waals surface area (Å²) in [6.45, 7) is 2.11. The quantitative estimate of drug-likeness (QED) is 0.859. The van der Waals surface area contributed by atoms with Gasteiger partial charge in [-0.3, -0.25) is 9.89 Å². The smallest absolute Gasteiger partial charge is 0.227 e. The number of nitrogens with zero attached hydrogens (tertiary/aromatic N) is 1. The Morgan fingerprint density at radius 1 is 1.45 bits per heavy atom. The van der Waals surface area contributed by atoms with Gasteiger partial charge in [-0.15, -0.1) is 0 Å². The van der Waals surface area contributed by atoms with E-state index < -0.39 is 0 Å². The minimum absolute atomic E-state index is 0.0999. The molecule has 0 aliphatic heterocycles. The zero-order valence-corrected chi connectivity index (χ0v) is 13.0. The minimum atomic E-state index is 0.0999. The van der Waals surface area contributed by atoms with Crippen molar-refractivity contribution in [2.45, 2.75) is 32.6 Å². The first-order valence-electron chi connectivity index (χ1n) is 7.75. The fourth-order valence-electron chi connectivity index (χ4n) is 2.49. The van der Waals surface area contributed by atoms with Crippen molar-refractivity contribution in [1.82, 2.24) is 10.2 Å². The molecule has 1 heterocycles. The number of aromatic nitrogens is 2. The Morgan fingerprint density at radius 2 is 2.27 bits per heavy atom. The molecule has 0 radical (unpaired) electrons. The number of hydrogen-bond acceptors (Lipinski definition) is 3. The molecule has 1 saturated carbocycles. The number of ether oxygens (including phenoxy) is 1. The highest BCUT2D eigenvalue weighted by Gasteiger charge is 2.31. The fraction of sp³-hybridized carbons (Fsp3) is 0.412. The van der Waals surface area contributed by atoms with Gasteiger partial charge in [0.25, 0.3) is 0 Å². The number of methoxy groups -OCH3 is 1. The average Bonchev–Trinajstić information content (AvgIpc) is 3.32. The molecule has 0 spiro atoms. The Labute approximate surface area is 130 Å². The fourth-order valence-corrected chi connectivity index (χ4v) is 2.49. The summed E-state index contributed by atoms with van der Waals surface area (Å²) in [6.07, 6.45) is 3.83. The Kier molecular flexibility index (Phi) is 4.13. The first-order chi connectivity index (χ1) is 10.7. The number of amides is 1. The van der Waals surface area contributed by atoms with Gasteiger partial charge in [-0.05, 0) is 31.4 Å². The first kappa shape index (κ1) is 14.6. The van der Waals surface area contributed by atoms with Crippen LogP contribution < -0.4 is 10.1 Å². The van der Waals surface area contributed by atoms with Gasteiger partial charge in [0.15, 0.2) is 0 Å². The largest absolute Gasteiger partial charge is 0.497 e. The van der Waals surface area contributed by atoms with Crippen LogP contribution >= 0.6 is 0 Å². The molecule has 5 nitrogen and oxygen atoms in total. The molecule has 22 heavy (non-hydrogen) atoms. The predicted molar refractivity (Wildman–Crippen MR) is 85.9 cm³/mol. The number of rotatable bonds is 6. The summed E-state index contributed by atoms with van der Waals surface area (Å²) >= 11 is 0. The minimum Gasteiger partial charge on any atom is -0.497 e. The van der Waals surface area contributed by atoms with Crippen molar-refractivity contribution in [3.8, 4) is 17.0 Å². The van der Waals surface area contributed by atoms with Gasteiger partial charge in [-0.1, -0.05) is 25.5 Å². The molecule has 2 aromatic rings. The second kappa shape index (κ2) is 6.22. The Morgan fingerprint density at radius 3 is 2.95 bits per heavy atom. The maximum absolute atomic E-state index is 12.2. The molecule has 1 aromatic heterocycles. The lowest BCUT2D eigenvalue weighted by atomic mass is 10.1. The summed E-state index contributed by atoms with van der Waals surface area (Å²) in [6, 6.07) is 7.72. The molecule has 1 aliphatic carbocycles. The van der Waals surface area contributed by atoms with Crippen molar-refractivity contribution in [3.63, 3.8) is 0 Å². The van der Waals surface area contributed by atoms with Crippen molar-refractivity contribution >= 4 is 11.6 Å². The third kappa shape index (κ3) is 2.98. The van der Waals surface area contributed by atoms with E-state index in [1.54, 1.807) is 7.11 Å². The topological polar surface area (TPSA) is 67.0 Å². The average molecular weight is 299 g/mol. The summed E-state index contributed by atoms with van der Waals surface area (Å²) in [4.78, 5) is 12.2. The van der Waals surface area contributed by atoms with Crippen LogP contribution in [-0.2, 0) is 11.2 Å². The first-order valence-corrected chi connectivity index (χ1v) is 7.75. The molecule has 1 aliphatic rings. The molecule has 0 bridgehead atoms. The highest BCUT2D eigenvalue weighted by atomic mass is 16.5. The van der Waals surface area contributed by atoms with Gasteiger partial charge in [0.05, 0.1) is 18.5 Å². The summed E-state index contributed by atoms with van der Waals surface area (Å²) < 4.78 is 5.27. The molecule has 1 amide bonds. The van der Waals surface area contributed by atoms with E-state index in [1.807, 2.05) is 24.3 Å². The molecule has 0 saturated heterocycles. The maximum Gasteiger partial charge on any atom is 0.227 e. The normalized spacial score (nSPS) is 13.9. The van der Waals surface area contributed by atoms with Crippen molar-refractivity contribution in [2.75, 3.05) is 12.4 Å². The molecule has 5 heteroatoms. The summed E-state index contributed by atoms with van der Waals surface area (Å²) in [7, 11) is 1.64. The molecular weight excluding hydrogens is 278 g/mol. The second-order valence-corrected chi connectivity index (χ2v) is 5.67. The van der Waals surface area contributed by atoms with E-state index >= 15 is 0 Å². The van der Waals surface area contributed by atoms with Crippen LogP contribution in [0.3, 0.4) is 0 Å². The molecule has 1 fully saturated rings. The number of anilines is 1. The molecule has 3 rings (SSSR count). The molecular formula is C17H21N3O2. The third-order valence-electron chi connectivity index (χ3n) is 3.88. The number of H-pyrrole nitrogens is 1. The molecule has 0 unspecified atom stereocenters. The Bertz CT molecular complexity index is 674. The van der Waals surface area contributed by atoms with Crippen LogP contribution in [0.4, 0.5) is 5.69 Å². The zero-order chi connectivity index (χ0) is 15.5. The van der Waals surface area contributed by atoms with Crippen LogP contribution in [0.25, 0.3) is 11.3 Å². The monoisotopic (exact) mass is 299 g/mol. The number of nitrogens with one attached hydrogen (secondary N) is 2. The van der Waals surface area contributed by atoms with Crippen molar-refractivity contribution in [2.24, 2.45) is 5.92 Å². The highest BCUT2D eigenvalue weighted by molar-refractivity contribution is 5.98. The van der Waals surface area contributed by atoms with E-state index in [1.165, 1.54) is 0 Å². The van der Waals surface area contributed by atoms with Crippen molar-refractivity contribution in [3.05, 3.63) is 30.0 Å². The van der Waals surface area contributed by atoms with Gasteiger partial charge in [0.1, 0.15) is 11.4 Å². The van der Waals surface area contributed by atoms with E-state index in [0.29, 0.717) is 0 Å². The van der Waals surface area contributed by atoms with Crippen LogP contribution in [-0.4, -0.2) is 23.2 Å². The number of benzene rings is 1. The number of aromatic amines is 1. The SMILES string of the molecule is CCCc1[nH]nc(-c2cccc(OC)c2)c1NC(=O)C1CC1. The van der Waals surface area contributed by atoms with E-state index in [2.05, 4.69) is 22.4 Å². The lowest BCUT2D eigenvalue weighted by Gasteiger charge is -2.08. The van der Waals surface area contributed by atoms with Crippen molar-refractivity contribution in [1.29, 1.82) is 0 Å². The van der Waals surface area contributed by atoms with Crippen LogP contribution in [0.15, 0.2) is 24.3 Å². The number of hydrogen-bond donors (Lipinski definition) is 2. The predicted octanol–water partition coefficient (Wildman–Crippen LogP) is 3.39. The van der Waals surface area contributed by atoms with Gasteiger partial charge in [-0.25, -0.2) is 0 Å². The standard InChI is InChI=1S/C17H21N3O2/c1-3-5-14-16(18-17(21)11-8-9-11)15(20-19-14)12-6-4-7-13(10-12)22-2/h4,6-7,10-11H,3,5,8-9H2,1-2H3,(H,18,21)(H,19,20). The van der Waals surface area contributed by atoms with E-state index in [-0.39, 0.29) is 11.8 Å². The van der Waals surface area contributed by atoms with Gasteiger partial charge in [0.2, 0.25) is 5.91 Å². The van der Waals surface area contributed by atoms with Crippen LogP contribution in [0.5, 0.6) is 5.75 Å². The second-order valence-electron chi connectivity index (χ2n) is 5.67. The van der Waals surface area contributed by atoms with E-state index in [9.17, 15) is 4.79 Å². The van der Waals surface area contributed by atoms with Gasteiger partial charge >= 0.3 is 0 Å². The Balaban J connectivity index is 1.96. The van der Waals surface area contributed by atoms with Gasteiger partial charge in [-0.2, -0.15) is 5.10 Å². The molecule has 0 atom stereocenters. The summed E-state index contributed by atoms with van der Waals surface area (Å²) in [5.74, 6) is 1.04. The number of carbonyl (C=O) groups is 1. The molecule has 116 valence electrons. The van der Waals surface area contributed by atoms with E-state index in [4.69, 9.17) is 4.74 Å². The maximum atomic E-state index is 12.2. The van der Waals surface area contributed by atoms with Gasteiger partial charge in [0, 0.05) is 11.5 Å². The third-order valence-corrected chi connectivity index (χ3v) is 3.88. The van der Waals surface area contributed by atoms with Crippen LogP contribution in [0.1, 0.15) is 31.9 Å². The van der Waals surface area contributed by atoms with Crippen LogP contribution in [0.2, 0.25) is 0 Å². The lowest BCUT2D eigenvalue weighted by Crippen LogP contribution is -2.14. The lowest BCUT2D eigenvalue weighted by molar-refractivity contribution is -0.117. The molecule has 1 aromatic carbocycles. The zero-order valence-electron chi connectivity index (χ0n) is 13.0. The molecule has 2 N–H and O–H groups in total. The van der Waals surface area contributed by atoms with E-state index in [0.717, 1.165) is 54.1 Å².